The molecule has 2 heterocycles. The van der Waals surface area contributed by atoms with Crippen LogP contribution in [0.5, 0.6) is 0 Å². The third-order valence-electron chi connectivity index (χ3n) is 4.70. The molecule has 13 heavy (non-hydrogen) atoms. The van der Waals surface area contributed by atoms with Crippen molar-refractivity contribution in [1.82, 2.24) is 5.32 Å². The summed E-state index contributed by atoms with van der Waals surface area (Å²) in [5.41, 5.74) is 0.0724. The molecular weight excluding hydrogens is 162 g/mol. The molecule has 2 unspecified atom stereocenters. The van der Waals surface area contributed by atoms with E-state index in [-0.39, 0.29) is 5.72 Å². The van der Waals surface area contributed by atoms with Gasteiger partial charge >= 0.3 is 0 Å². The van der Waals surface area contributed by atoms with Crippen LogP contribution in [0.1, 0.15) is 32.6 Å². The molecule has 2 heteroatoms. The molecule has 0 aromatic carbocycles. The maximum Gasteiger partial charge on any atom is 0.119 e. The van der Waals surface area contributed by atoms with Crippen molar-refractivity contribution in [2.45, 2.75) is 44.4 Å². The van der Waals surface area contributed by atoms with Gasteiger partial charge in [0.25, 0.3) is 0 Å². The van der Waals surface area contributed by atoms with Crippen molar-refractivity contribution in [3.63, 3.8) is 0 Å². The van der Waals surface area contributed by atoms with Crippen molar-refractivity contribution in [2.75, 3.05) is 7.11 Å². The van der Waals surface area contributed by atoms with E-state index in [9.17, 15) is 0 Å². The third-order valence-corrected chi connectivity index (χ3v) is 4.70. The van der Waals surface area contributed by atoms with Gasteiger partial charge in [-0.15, -0.1) is 0 Å². The lowest BCUT2D eigenvalue weighted by atomic mass is 9.58. The van der Waals surface area contributed by atoms with E-state index in [2.05, 4.69) is 12.2 Å². The van der Waals surface area contributed by atoms with Crippen molar-refractivity contribution >= 4 is 0 Å². The fourth-order valence-corrected chi connectivity index (χ4v) is 3.94. The third kappa shape index (κ3) is 1.02. The number of rotatable bonds is 1. The second kappa shape index (κ2) is 2.48. The summed E-state index contributed by atoms with van der Waals surface area (Å²) in [5.74, 6) is 2.80. The zero-order valence-electron chi connectivity index (χ0n) is 8.55. The Labute approximate surface area is 80.0 Å². The standard InChI is InChI=1S/C11H19NO/c1-7-8-3-10-4-9(7)6-11(5-8,12-10)13-2/h7-10,12H,3-6H2,1-2H3. The lowest BCUT2D eigenvalue weighted by molar-refractivity contribution is -0.173. The molecule has 0 aromatic rings. The van der Waals surface area contributed by atoms with Crippen LogP contribution in [-0.2, 0) is 4.74 Å². The highest BCUT2D eigenvalue weighted by molar-refractivity contribution is 5.05. The lowest BCUT2D eigenvalue weighted by Crippen LogP contribution is -2.66. The Morgan fingerprint density at radius 2 is 1.85 bits per heavy atom. The van der Waals surface area contributed by atoms with Crippen molar-refractivity contribution in [1.29, 1.82) is 0 Å². The predicted molar refractivity (Wildman–Crippen MR) is 51.3 cm³/mol. The summed E-state index contributed by atoms with van der Waals surface area (Å²) in [5, 5.41) is 3.68. The summed E-state index contributed by atoms with van der Waals surface area (Å²) in [7, 11) is 1.87. The van der Waals surface area contributed by atoms with E-state index in [1.807, 2.05) is 7.11 Å². The highest BCUT2D eigenvalue weighted by Gasteiger charge is 2.54. The van der Waals surface area contributed by atoms with Gasteiger partial charge in [-0.3, -0.25) is 5.32 Å². The summed E-state index contributed by atoms with van der Waals surface area (Å²) in [6.07, 6.45) is 5.28. The van der Waals surface area contributed by atoms with E-state index in [1.54, 1.807) is 0 Å². The number of piperidine rings is 2. The Morgan fingerprint density at radius 1 is 1.23 bits per heavy atom. The first-order valence-corrected chi connectivity index (χ1v) is 5.55. The molecule has 1 N–H and O–H groups in total. The molecule has 74 valence electrons. The van der Waals surface area contributed by atoms with E-state index in [0.29, 0.717) is 0 Å². The van der Waals surface area contributed by atoms with Crippen LogP contribution in [-0.4, -0.2) is 18.9 Å². The van der Waals surface area contributed by atoms with E-state index >= 15 is 0 Å². The lowest BCUT2D eigenvalue weighted by Gasteiger charge is -2.59. The summed E-state index contributed by atoms with van der Waals surface area (Å²) in [6.45, 7) is 2.44. The molecule has 2 aliphatic carbocycles. The molecule has 0 amide bonds. The van der Waals surface area contributed by atoms with Crippen LogP contribution in [0.3, 0.4) is 0 Å². The van der Waals surface area contributed by atoms with E-state index in [1.165, 1.54) is 25.7 Å². The Kier molecular flexibility index (Phi) is 1.58. The molecule has 4 bridgehead atoms. The molecule has 4 rings (SSSR count). The maximum absolute atomic E-state index is 5.69. The molecule has 0 aromatic heterocycles. The first-order valence-electron chi connectivity index (χ1n) is 5.55. The number of ether oxygens (including phenoxy) is 1. The minimum absolute atomic E-state index is 0.0724. The van der Waals surface area contributed by atoms with Gasteiger partial charge in [0.05, 0.1) is 0 Å². The van der Waals surface area contributed by atoms with Crippen LogP contribution in [0.25, 0.3) is 0 Å². The van der Waals surface area contributed by atoms with Gasteiger partial charge in [-0.05, 0) is 43.4 Å². The fraction of sp³-hybridized carbons (Fsp3) is 1.00. The molecule has 2 nitrogen and oxygen atoms in total. The molecule has 2 saturated carbocycles. The van der Waals surface area contributed by atoms with Crippen molar-refractivity contribution in [3.8, 4) is 0 Å². The van der Waals surface area contributed by atoms with Crippen LogP contribution in [0.2, 0.25) is 0 Å². The molecule has 4 fully saturated rings. The topological polar surface area (TPSA) is 21.3 Å². The van der Waals surface area contributed by atoms with Gasteiger partial charge in [0, 0.05) is 13.2 Å². The van der Waals surface area contributed by atoms with Gasteiger partial charge in [0.1, 0.15) is 5.72 Å². The van der Waals surface area contributed by atoms with Crippen molar-refractivity contribution in [3.05, 3.63) is 0 Å². The maximum atomic E-state index is 5.69. The van der Waals surface area contributed by atoms with E-state index in [0.717, 1.165) is 23.8 Å². The second-order valence-electron chi connectivity index (χ2n) is 5.30. The molecule has 2 saturated heterocycles. The van der Waals surface area contributed by atoms with Crippen LogP contribution >= 0.6 is 0 Å². The minimum Gasteiger partial charge on any atom is -0.364 e. The number of hydrogen-bond acceptors (Lipinski definition) is 2. The predicted octanol–water partition coefficient (Wildman–Crippen LogP) is 1.76. The molecular formula is C11H19NO. The summed E-state index contributed by atoms with van der Waals surface area (Å²) < 4.78 is 5.69. The van der Waals surface area contributed by atoms with Gasteiger partial charge in [0.15, 0.2) is 0 Å². The smallest absolute Gasteiger partial charge is 0.119 e. The van der Waals surface area contributed by atoms with Crippen molar-refractivity contribution in [2.24, 2.45) is 17.8 Å². The summed E-state index contributed by atoms with van der Waals surface area (Å²) in [6, 6.07) is 0.758. The van der Waals surface area contributed by atoms with Crippen molar-refractivity contribution < 1.29 is 4.74 Å². The van der Waals surface area contributed by atoms with Crippen LogP contribution in [0.4, 0.5) is 0 Å². The largest absolute Gasteiger partial charge is 0.364 e. The fourth-order valence-electron chi connectivity index (χ4n) is 3.94. The second-order valence-corrected chi connectivity index (χ2v) is 5.30. The highest BCUT2D eigenvalue weighted by atomic mass is 16.5. The van der Waals surface area contributed by atoms with Gasteiger partial charge < -0.3 is 4.74 Å². The monoisotopic (exact) mass is 181 g/mol. The van der Waals surface area contributed by atoms with Gasteiger partial charge in [-0.1, -0.05) is 6.92 Å². The Balaban J connectivity index is 1.92. The highest BCUT2D eigenvalue weighted by Crippen LogP contribution is 2.52. The Morgan fingerprint density at radius 3 is 2.38 bits per heavy atom. The molecule has 2 aliphatic heterocycles. The first-order chi connectivity index (χ1) is 6.22. The number of hydrogen-bond donors (Lipinski definition) is 1. The zero-order chi connectivity index (χ0) is 9.05. The quantitative estimate of drug-likeness (QED) is 0.665. The van der Waals surface area contributed by atoms with Crippen LogP contribution in [0, 0.1) is 17.8 Å². The Bertz CT molecular complexity index is 212. The molecule has 4 aliphatic rings. The van der Waals surface area contributed by atoms with Gasteiger partial charge in [-0.25, -0.2) is 0 Å². The van der Waals surface area contributed by atoms with Crippen LogP contribution < -0.4 is 5.32 Å². The summed E-state index contributed by atoms with van der Waals surface area (Å²) >= 11 is 0. The van der Waals surface area contributed by atoms with Gasteiger partial charge in [-0.2, -0.15) is 0 Å². The normalized spacial score (nSPS) is 58.6. The average molecular weight is 181 g/mol. The Hall–Kier alpha value is -0.0800. The van der Waals surface area contributed by atoms with Gasteiger partial charge in [0.2, 0.25) is 0 Å². The average Bonchev–Trinajstić information content (AvgIpc) is 2.13. The SMILES string of the molecule is COC12CC3CC(CC(C1)C3C)N2. The van der Waals surface area contributed by atoms with E-state index in [4.69, 9.17) is 4.74 Å². The minimum atomic E-state index is 0.0724. The summed E-state index contributed by atoms with van der Waals surface area (Å²) in [4.78, 5) is 0. The molecule has 2 atom stereocenters. The first kappa shape index (κ1) is 8.25. The van der Waals surface area contributed by atoms with Crippen LogP contribution in [0.15, 0.2) is 0 Å². The zero-order valence-corrected chi connectivity index (χ0v) is 8.55. The van der Waals surface area contributed by atoms with E-state index < -0.39 is 0 Å². The number of methoxy groups -OCH3 is 1. The molecule has 0 spiro atoms. The molecule has 0 radical (unpaired) electrons. The number of nitrogens with one attached hydrogen (secondary N) is 1.